The van der Waals surface area contributed by atoms with E-state index in [9.17, 15) is 13.6 Å². The smallest absolute Gasteiger partial charge is 0.323 e. The van der Waals surface area contributed by atoms with Crippen molar-refractivity contribution in [2.24, 2.45) is 5.73 Å². The minimum Gasteiger partial charge on any atom is -0.490 e. The van der Waals surface area contributed by atoms with E-state index in [0.29, 0.717) is 0 Å². The second kappa shape index (κ2) is 6.90. The number of carbonyl (C=O) groups excluding carboxylic acids is 1. The Bertz CT molecular complexity index is 412. The summed E-state index contributed by atoms with van der Waals surface area (Å²) in [4.78, 5) is 11.2. The van der Waals surface area contributed by atoms with Crippen molar-refractivity contribution in [2.75, 3.05) is 13.2 Å². The zero-order valence-corrected chi connectivity index (χ0v) is 9.99. The summed E-state index contributed by atoms with van der Waals surface area (Å²) < 4.78 is 35.7. The molecule has 0 amide bonds. The first kappa shape index (κ1) is 14.4. The van der Waals surface area contributed by atoms with Crippen molar-refractivity contribution in [3.05, 3.63) is 29.8 Å². The quantitative estimate of drug-likeness (QED) is 0.789. The molecule has 0 aliphatic rings. The summed E-state index contributed by atoms with van der Waals surface area (Å²) in [6.45, 7) is 1.91. The Morgan fingerprint density at radius 3 is 2.83 bits per heavy atom. The van der Waals surface area contributed by atoms with Crippen molar-refractivity contribution < 1.29 is 23.0 Å². The summed E-state index contributed by atoms with van der Waals surface area (Å²) in [6.07, 6.45) is 0.161. The molecule has 1 unspecified atom stereocenters. The molecule has 1 aromatic carbocycles. The normalized spacial score (nSPS) is 12.0. The average Bonchev–Trinajstić information content (AvgIpc) is 2.33. The van der Waals surface area contributed by atoms with Crippen LogP contribution in [-0.4, -0.2) is 25.2 Å². The van der Waals surface area contributed by atoms with Crippen LogP contribution in [0.15, 0.2) is 18.2 Å². The monoisotopic (exact) mass is 259 g/mol. The van der Waals surface area contributed by atoms with E-state index in [-0.39, 0.29) is 25.4 Å². The Morgan fingerprint density at radius 1 is 1.44 bits per heavy atom. The van der Waals surface area contributed by atoms with E-state index in [0.717, 1.165) is 18.2 Å². The molecule has 0 heterocycles. The van der Waals surface area contributed by atoms with Gasteiger partial charge in [-0.15, -0.1) is 0 Å². The zero-order valence-electron chi connectivity index (χ0n) is 9.99. The third kappa shape index (κ3) is 4.29. The Morgan fingerprint density at radius 2 is 2.17 bits per heavy atom. The molecular weight excluding hydrogens is 244 g/mol. The van der Waals surface area contributed by atoms with E-state index >= 15 is 0 Å². The van der Waals surface area contributed by atoms with Crippen LogP contribution < -0.4 is 10.5 Å². The van der Waals surface area contributed by atoms with Crippen molar-refractivity contribution in [2.45, 2.75) is 19.4 Å². The molecule has 0 aliphatic heterocycles. The molecule has 0 saturated heterocycles. The van der Waals surface area contributed by atoms with Crippen molar-refractivity contribution >= 4 is 5.97 Å². The van der Waals surface area contributed by atoms with Gasteiger partial charge in [0.15, 0.2) is 11.6 Å². The summed E-state index contributed by atoms with van der Waals surface area (Å²) in [6, 6.07) is 2.06. The minimum absolute atomic E-state index is 0.000351. The van der Waals surface area contributed by atoms with E-state index in [1.807, 2.05) is 0 Å². The predicted octanol–water partition coefficient (Wildman–Crippen LogP) is 1.62. The first-order valence-electron chi connectivity index (χ1n) is 5.54. The molecule has 4 nitrogen and oxygen atoms in total. The number of benzene rings is 1. The lowest BCUT2D eigenvalue weighted by atomic mass is 10.2. The van der Waals surface area contributed by atoms with Crippen molar-refractivity contribution in [1.82, 2.24) is 0 Å². The maximum absolute atomic E-state index is 13.2. The predicted molar refractivity (Wildman–Crippen MR) is 61.1 cm³/mol. The van der Waals surface area contributed by atoms with E-state index in [1.165, 1.54) is 0 Å². The number of halogens is 2. The highest BCUT2D eigenvalue weighted by molar-refractivity contribution is 5.75. The molecule has 2 N–H and O–H groups in total. The molecule has 100 valence electrons. The third-order valence-corrected chi connectivity index (χ3v) is 2.17. The molecule has 0 aromatic heterocycles. The second-order valence-electron chi connectivity index (χ2n) is 3.57. The number of carbonyl (C=O) groups is 1. The highest BCUT2D eigenvalue weighted by Crippen LogP contribution is 2.18. The van der Waals surface area contributed by atoms with Crippen LogP contribution in [0.1, 0.15) is 13.3 Å². The second-order valence-corrected chi connectivity index (χ2v) is 3.57. The van der Waals surface area contributed by atoms with Gasteiger partial charge in [0, 0.05) is 12.5 Å². The number of nitrogens with two attached hydrogens (primary N) is 1. The summed E-state index contributed by atoms with van der Waals surface area (Å²) in [7, 11) is 0. The van der Waals surface area contributed by atoms with Gasteiger partial charge in [-0.2, -0.15) is 0 Å². The molecule has 18 heavy (non-hydrogen) atoms. The lowest BCUT2D eigenvalue weighted by Crippen LogP contribution is -2.33. The van der Waals surface area contributed by atoms with Gasteiger partial charge in [0.2, 0.25) is 0 Å². The van der Waals surface area contributed by atoms with E-state index in [1.54, 1.807) is 6.92 Å². The summed E-state index contributed by atoms with van der Waals surface area (Å²) in [5.41, 5.74) is 5.51. The topological polar surface area (TPSA) is 61.5 Å². The largest absolute Gasteiger partial charge is 0.490 e. The number of hydrogen-bond donors (Lipinski definition) is 1. The lowest BCUT2D eigenvalue weighted by Gasteiger charge is -2.11. The van der Waals surface area contributed by atoms with Crippen LogP contribution in [0.4, 0.5) is 8.78 Å². The maximum Gasteiger partial charge on any atom is 0.323 e. The Balaban J connectivity index is 2.41. The number of ether oxygens (including phenoxy) is 2. The van der Waals surface area contributed by atoms with Crippen molar-refractivity contribution in [3.63, 3.8) is 0 Å². The van der Waals surface area contributed by atoms with Crippen molar-refractivity contribution in [3.8, 4) is 5.75 Å². The number of rotatable bonds is 6. The van der Waals surface area contributed by atoms with Crippen LogP contribution in [0.2, 0.25) is 0 Å². The molecule has 0 saturated carbocycles. The molecule has 0 spiro atoms. The van der Waals surface area contributed by atoms with Gasteiger partial charge in [0.25, 0.3) is 0 Å². The van der Waals surface area contributed by atoms with Crippen LogP contribution in [-0.2, 0) is 9.53 Å². The SMILES string of the molecule is CCOC(=O)C(N)CCOc1cc(F)ccc1F. The molecular formula is C12H15F2NO3. The average molecular weight is 259 g/mol. The highest BCUT2D eigenvalue weighted by atomic mass is 19.1. The fraction of sp³-hybridized carbons (Fsp3) is 0.417. The van der Waals surface area contributed by atoms with Gasteiger partial charge in [-0.1, -0.05) is 0 Å². The Kier molecular flexibility index (Phi) is 5.51. The molecule has 0 radical (unpaired) electrons. The standard InChI is InChI=1S/C12H15F2NO3/c1-2-17-12(16)10(15)5-6-18-11-7-8(13)3-4-9(11)14/h3-4,7,10H,2,5-6,15H2,1H3. The maximum atomic E-state index is 13.2. The highest BCUT2D eigenvalue weighted by Gasteiger charge is 2.14. The van der Waals surface area contributed by atoms with Crippen LogP contribution >= 0.6 is 0 Å². The van der Waals surface area contributed by atoms with Gasteiger partial charge >= 0.3 is 5.97 Å². The molecule has 0 bridgehead atoms. The zero-order chi connectivity index (χ0) is 13.5. The fourth-order valence-electron chi connectivity index (χ4n) is 1.25. The van der Waals surface area contributed by atoms with Gasteiger partial charge in [0.1, 0.15) is 11.9 Å². The Hall–Kier alpha value is -1.69. The minimum atomic E-state index is -0.832. The molecule has 1 aromatic rings. The number of esters is 1. The van der Waals surface area contributed by atoms with E-state index < -0.39 is 23.6 Å². The van der Waals surface area contributed by atoms with Crippen LogP contribution in [0.5, 0.6) is 5.75 Å². The van der Waals surface area contributed by atoms with Crippen LogP contribution in [0.25, 0.3) is 0 Å². The van der Waals surface area contributed by atoms with Gasteiger partial charge in [0.05, 0.1) is 13.2 Å². The Labute approximate surface area is 104 Å². The molecule has 1 atom stereocenters. The summed E-state index contributed by atoms with van der Waals surface area (Å²) in [5, 5.41) is 0. The molecule has 1 rings (SSSR count). The van der Waals surface area contributed by atoms with Gasteiger partial charge in [-0.3, -0.25) is 4.79 Å². The fourth-order valence-corrected chi connectivity index (χ4v) is 1.25. The summed E-state index contributed by atoms with van der Waals surface area (Å²) >= 11 is 0. The van der Waals surface area contributed by atoms with Crippen LogP contribution in [0.3, 0.4) is 0 Å². The molecule has 0 fully saturated rings. The van der Waals surface area contributed by atoms with E-state index in [4.69, 9.17) is 15.2 Å². The van der Waals surface area contributed by atoms with E-state index in [2.05, 4.69) is 0 Å². The van der Waals surface area contributed by atoms with Gasteiger partial charge in [-0.05, 0) is 19.1 Å². The third-order valence-electron chi connectivity index (χ3n) is 2.17. The molecule has 6 heteroatoms. The first-order chi connectivity index (χ1) is 8.54. The lowest BCUT2D eigenvalue weighted by molar-refractivity contribution is -0.145. The van der Waals surface area contributed by atoms with Crippen LogP contribution in [0, 0.1) is 11.6 Å². The number of hydrogen-bond acceptors (Lipinski definition) is 4. The van der Waals surface area contributed by atoms with Crippen molar-refractivity contribution in [1.29, 1.82) is 0 Å². The van der Waals surface area contributed by atoms with Gasteiger partial charge < -0.3 is 15.2 Å². The first-order valence-corrected chi connectivity index (χ1v) is 5.54. The molecule has 0 aliphatic carbocycles. The van der Waals surface area contributed by atoms with Gasteiger partial charge in [-0.25, -0.2) is 8.78 Å². The summed E-state index contributed by atoms with van der Waals surface area (Å²) in [5.74, 6) is -2.01.